The number of aryl methyl sites for hydroxylation is 1. The number of alkyl halides is 1. The molecule has 2 aliphatic rings. The maximum Gasteiger partial charge on any atom is 0.228 e. The number of ketones is 1. The molecule has 0 spiro atoms. The van der Waals surface area contributed by atoms with Crippen LogP contribution in [0.3, 0.4) is 0 Å². The second kappa shape index (κ2) is 8.65. The number of benzene rings is 1. The predicted molar refractivity (Wildman–Crippen MR) is 114 cm³/mol. The van der Waals surface area contributed by atoms with E-state index in [2.05, 4.69) is 19.5 Å². The first-order valence-corrected chi connectivity index (χ1v) is 10.4. The number of anilines is 1. The molecule has 1 aromatic carbocycles. The SMILES string of the molecule is Cc1ccc(NC(=O)[C@@H](CC(=O)C2=CC=NC2C)C2CCC(F)(P)CC2)cc1. The number of allylic oxidation sites excluding steroid dienone is 1. The third kappa shape index (κ3) is 5.14. The minimum atomic E-state index is -1.26. The van der Waals surface area contributed by atoms with Gasteiger partial charge in [0.25, 0.3) is 0 Å². The van der Waals surface area contributed by atoms with Crippen LogP contribution in [-0.4, -0.2) is 29.4 Å². The third-order valence-corrected chi connectivity index (χ3v) is 6.40. The van der Waals surface area contributed by atoms with E-state index in [0.29, 0.717) is 36.9 Å². The second-order valence-electron chi connectivity index (χ2n) is 8.06. The molecular formula is C22H28FN2O2P. The summed E-state index contributed by atoms with van der Waals surface area (Å²) in [4.78, 5) is 30.1. The Bertz CT molecular complexity index is 791. The van der Waals surface area contributed by atoms with Crippen LogP contribution < -0.4 is 5.32 Å². The fourth-order valence-electron chi connectivity index (χ4n) is 3.98. The van der Waals surface area contributed by atoms with Crippen LogP contribution in [0.25, 0.3) is 0 Å². The van der Waals surface area contributed by atoms with Gasteiger partial charge in [-0.05, 0) is 63.7 Å². The number of carbonyl (C=O) groups excluding carboxylic acids is 2. The number of hydrogen-bond donors (Lipinski definition) is 1. The van der Waals surface area contributed by atoms with E-state index in [1.54, 1.807) is 12.3 Å². The number of amides is 1. The van der Waals surface area contributed by atoms with Crippen LogP contribution in [0.15, 0.2) is 40.9 Å². The molecule has 150 valence electrons. The molecule has 1 N–H and O–H groups in total. The van der Waals surface area contributed by atoms with Gasteiger partial charge in [-0.25, -0.2) is 4.39 Å². The summed E-state index contributed by atoms with van der Waals surface area (Å²) in [5.41, 5.74) is 2.47. The molecule has 0 bridgehead atoms. The number of hydrogen-bond acceptors (Lipinski definition) is 3. The van der Waals surface area contributed by atoms with E-state index in [-0.39, 0.29) is 30.1 Å². The summed E-state index contributed by atoms with van der Waals surface area (Å²) in [6.07, 6.45) is 5.51. The van der Waals surface area contributed by atoms with Crippen molar-refractivity contribution in [3.8, 4) is 0 Å². The minimum Gasteiger partial charge on any atom is -0.326 e. The molecule has 0 saturated heterocycles. The summed E-state index contributed by atoms with van der Waals surface area (Å²) in [6, 6.07) is 7.43. The number of aliphatic imine (C=N–C) groups is 1. The molecule has 6 heteroatoms. The summed E-state index contributed by atoms with van der Waals surface area (Å²) in [5, 5.41) is 1.70. The van der Waals surface area contributed by atoms with Gasteiger partial charge in [0.2, 0.25) is 5.91 Å². The quantitative estimate of drug-likeness (QED) is 0.705. The van der Waals surface area contributed by atoms with Crippen molar-refractivity contribution in [2.75, 3.05) is 5.32 Å². The lowest BCUT2D eigenvalue weighted by atomic mass is 9.76. The van der Waals surface area contributed by atoms with Gasteiger partial charge in [0.15, 0.2) is 5.78 Å². The Kier molecular flexibility index (Phi) is 6.44. The van der Waals surface area contributed by atoms with E-state index >= 15 is 0 Å². The monoisotopic (exact) mass is 402 g/mol. The molecule has 1 amide bonds. The molecule has 3 rings (SSSR count). The Morgan fingerprint density at radius 2 is 1.93 bits per heavy atom. The number of nitrogens with zero attached hydrogens (tertiary/aromatic N) is 1. The van der Waals surface area contributed by atoms with Crippen molar-refractivity contribution in [3.63, 3.8) is 0 Å². The zero-order valence-corrected chi connectivity index (χ0v) is 17.6. The van der Waals surface area contributed by atoms with E-state index in [4.69, 9.17) is 0 Å². The molecule has 3 atom stereocenters. The zero-order chi connectivity index (χ0) is 20.3. The first kappa shape index (κ1) is 20.9. The molecule has 1 aliphatic carbocycles. The lowest BCUT2D eigenvalue weighted by Gasteiger charge is -2.35. The van der Waals surface area contributed by atoms with Gasteiger partial charge in [-0.1, -0.05) is 26.9 Å². The largest absolute Gasteiger partial charge is 0.326 e. The maximum absolute atomic E-state index is 14.2. The Balaban J connectivity index is 1.74. The Labute approximate surface area is 168 Å². The molecule has 0 radical (unpaired) electrons. The van der Waals surface area contributed by atoms with Crippen LogP contribution >= 0.6 is 9.24 Å². The molecule has 1 aromatic rings. The molecule has 28 heavy (non-hydrogen) atoms. The van der Waals surface area contributed by atoms with Crippen LogP contribution in [0.1, 0.15) is 44.6 Å². The van der Waals surface area contributed by atoms with Crippen LogP contribution in [0.4, 0.5) is 10.1 Å². The molecule has 1 saturated carbocycles. The number of rotatable bonds is 6. The first-order valence-electron chi connectivity index (χ1n) is 9.87. The molecule has 1 aliphatic heterocycles. The van der Waals surface area contributed by atoms with E-state index < -0.39 is 11.3 Å². The van der Waals surface area contributed by atoms with Crippen LogP contribution in [-0.2, 0) is 9.59 Å². The van der Waals surface area contributed by atoms with Crippen LogP contribution in [0, 0.1) is 18.8 Å². The van der Waals surface area contributed by atoms with Gasteiger partial charge >= 0.3 is 0 Å². The van der Waals surface area contributed by atoms with Crippen molar-refractivity contribution in [1.82, 2.24) is 0 Å². The molecule has 1 heterocycles. The lowest BCUT2D eigenvalue weighted by molar-refractivity contribution is -0.127. The molecule has 2 unspecified atom stereocenters. The van der Waals surface area contributed by atoms with Crippen molar-refractivity contribution in [3.05, 3.63) is 41.5 Å². The van der Waals surface area contributed by atoms with E-state index in [1.807, 2.05) is 38.1 Å². The van der Waals surface area contributed by atoms with Gasteiger partial charge in [-0.15, -0.1) is 0 Å². The Morgan fingerprint density at radius 3 is 2.50 bits per heavy atom. The fourth-order valence-corrected chi connectivity index (χ4v) is 4.32. The van der Waals surface area contributed by atoms with Crippen molar-refractivity contribution < 1.29 is 14.0 Å². The summed E-state index contributed by atoms with van der Waals surface area (Å²) in [7, 11) is 2.29. The smallest absolute Gasteiger partial charge is 0.228 e. The second-order valence-corrected chi connectivity index (χ2v) is 9.09. The molecule has 1 fully saturated rings. The molecule has 4 nitrogen and oxygen atoms in total. The summed E-state index contributed by atoms with van der Waals surface area (Å²) in [6.45, 7) is 3.86. The van der Waals surface area contributed by atoms with Crippen molar-refractivity contribution in [2.24, 2.45) is 16.8 Å². The van der Waals surface area contributed by atoms with Crippen molar-refractivity contribution >= 4 is 32.8 Å². The summed E-state index contributed by atoms with van der Waals surface area (Å²) in [5.74, 6) is -0.679. The standard InChI is InChI=1S/C22H28FN2O2P/c1-14-3-5-17(6-4-14)25-21(27)19(16-7-10-22(23,28)11-8-16)13-20(26)18-9-12-24-15(18)2/h3-6,9,12,15-16,19H,7-8,10-11,13,28H2,1-2H3,(H,25,27)/t15?,16?,19-,22?/m0/s1. The maximum atomic E-state index is 14.2. The fraction of sp³-hybridized carbons (Fsp3) is 0.500. The highest BCUT2D eigenvalue weighted by atomic mass is 31.0. The first-order chi connectivity index (χ1) is 13.2. The highest BCUT2D eigenvalue weighted by Crippen LogP contribution is 2.43. The van der Waals surface area contributed by atoms with Crippen molar-refractivity contribution in [2.45, 2.75) is 57.4 Å². The summed E-state index contributed by atoms with van der Waals surface area (Å²) >= 11 is 0. The highest BCUT2D eigenvalue weighted by molar-refractivity contribution is 7.18. The van der Waals surface area contributed by atoms with Crippen LogP contribution in [0.2, 0.25) is 0 Å². The Hall–Kier alpha value is -1.87. The third-order valence-electron chi connectivity index (χ3n) is 5.83. The summed E-state index contributed by atoms with van der Waals surface area (Å²) < 4.78 is 14.2. The number of carbonyl (C=O) groups is 2. The zero-order valence-electron chi connectivity index (χ0n) is 16.5. The average molecular weight is 402 g/mol. The molecule has 0 aromatic heterocycles. The van der Waals surface area contributed by atoms with Gasteiger partial charge in [-0.3, -0.25) is 14.6 Å². The number of halogens is 1. The Morgan fingerprint density at radius 1 is 1.29 bits per heavy atom. The number of nitrogens with one attached hydrogen (secondary N) is 1. The number of Topliss-reactive ketones (excluding diaryl/α,β-unsaturated/α-hetero) is 1. The van der Waals surface area contributed by atoms with Gasteiger partial charge in [0.1, 0.15) is 5.41 Å². The predicted octanol–water partition coefficient (Wildman–Crippen LogP) is 4.64. The van der Waals surface area contributed by atoms with Gasteiger partial charge in [0, 0.05) is 29.8 Å². The minimum absolute atomic E-state index is 0.00273. The van der Waals surface area contributed by atoms with E-state index in [9.17, 15) is 14.0 Å². The van der Waals surface area contributed by atoms with Crippen molar-refractivity contribution in [1.29, 1.82) is 0 Å². The van der Waals surface area contributed by atoms with E-state index in [0.717, 1.165) is 5.56 Å². The van der Waals surface area contributed by atoms with Gasteiger partial charge < -0.3 is 5.32 Å². The lowest BCUT2D eigenvalue weighted by Crippen LogP contribution is -2.36. The topological polar surface area (TPSA) is 58.5 Å². The van der Waals surface area contributed by atoms with Gasteiger partial charge in [0.05, 0.1) is 6.04 Å². The highest BCUT2D eigenvalue weighted by Gasteiger charge is 2.38. The molecular weight excluding hydrogens is 374 g/mol. The van der Waals surface area contributed by atoms with Crippen LogP contribution in [0.5, 0.6) is 0 Å². The average Bonchev–Trinajstić information content (AvgIpc) is 3.08. The van der Waals surface area contributed by atoms with Gasteiger partial charge in [-0.2, -0.15) is 0 Å². The van der Waals surface area contributed by atoms with E-state index in [1.165, 1.54) is 0 Å². The normalized spacial score (nSPS) is 27.9.